The summed E-state index contributed by atoms with van der Waals surface area (Å²) >= 11 is 6.02. The molecule has 2 amide bonds. The maximum Gasteiger partial charge on any atom is 0.417 e. The van der Waals surface area contributed by atoms with Gasteiger partial charge in [-0.3, -0.25) is 4.79 Å². The minimum absolute atomic E-state index is 0.155. The average molecular weight is 254 g/mol. The number of imide groups is 1. The molecule has 1 aromatic carbocycles. The highest BCUT2D eigenvalue weighted by molar-refractivity contribution is 6.31. The van der Waals surface area contributed by atoms with Gasteiger partial charge in [-0.25, -0.2) is 9.69 Å². The van der Waals surface area contributed by atoms with E-state index in [2.05, 4.69) is 0 Å². The van der Waals surface area contributed by atoms with Crippen LogP contribution in [0.3, 0.4) is 0 Å². The molecule has 0 saturated carbocycles. The quantitative estimate of drug-likeness (QED) is 0.814. The maximum absolute atomic E-state index is 11.7. The Kier molecular flexibility index (Phi) is 3.07. The number of halogens is 1. The first-order valence-electron chi connectivity index (χ1n) is 5.26. The molecule has 17 heavy (non-hydrogen) atoms. The minimum atomic E-state index is -0.703. The number of rotatable bonds is 2. The molecule has 5 heteroatoms. The zero-order valence-electron chi connectivity index (χ0n) is 9.57. The third-order valence-electron chi connectivity index (χ3n) is 2.64. The van der Waals surface area contributed by atoms with Gasteiger partial charge in [-0.1, -0.05) is 29.3 Å². The fourth-order valence-electron chi connectivity index (χ4n) is 1.71. The number of carbonyl (C=O) groups is 2. The van der Waals surface area contributed by atoms with Crippen LogP contribution < -0.4 is 0 Å². The van der Waals surface area contributed by atoms with Crippen molar-refractivity contribution in [3.8, 4) is 0 Å². The Balaban J connectivity index is 2.24. The first-order valence-corrected chi connectivity index (χ1v) is 5.64. The van der Waals surface area contributed by atoms with E-state index in [4.69, 9.17) is 16.3 Å². The molecular weight excluding hydrogens is 242 g/mol. The van der Waals surface area contributed by atoms with E-state index in [-0.39, 0.29) is 12.5 Å². The van der Waals surface area contributed by atoms with Crippen LogP contribution in [0.1, 0.15) is 18.1 Å². The van der Waals surface area contributed by atoms with Gasteiger partial charge in [0, 0.05) is 5.02 Å². The second-order valence-corrected chi connectivity index (χ2v) is 4.45. The molecule has 1 aliphatic heterocycles. The van der Waals surface area contributed by atoms with Crippen LogP contribution >= 0.6 is 11.6 Å². The number of nitrogens with zero attached hydrogens (tertiary/aromatic N) is 1. The van der Waals surface area contributed by atoms with Crippen LogP contribution in [-0.2, 0) is 16.1 Å². The van der Waals surface area contributed by atoms with Gasteiger partial charge in [0.2, 0.25) is 0 Å². The topological polar surface area (TPSA) is 46.6 Å². The van der Waals surface area contributed by atoms with Gasteiger partial charge in [0.15, 0.2) is 6.10 Å². The maximum atomic E-state index is 11.7. The van der Waals surface area contributed by atoms with Gasteiger partial charge in [-0.05, 0) is 25.5 Å². The highest BCUT2D eigenvalue weighted by atomic mass is 35.5. The summed E-state index contributed by atoms with van der Waals surface area (Å²) < 4.78 is 4.82. The second kappa shape index (κ2) is 4.37. The van der Waals surface area contributed by atoms with E-state index in [0.29, 0.717) is 5.02 Å². The molecule has 90 valence electrons. The van der Waals surface area contributed by atoms with Crippen molar-refractivity contribution in [2.45, 2.75) is 26.5 Å². The molecule has 0 aromatic heterocycles. The third-order valence-corrected chi connectivity index (χ3v) is 3.01. The molecule has 1 saturated heterocycles. The summed E-state index contributed by atoms with van der Waals surface area (Å²) in [5.74, 6) is -0.326. The molecule has 0 N–H and O–H groups in total. The fraction of sp³-hybridized carbons (Fsp3) is 0.333. The minimum Gasteiger partial charge on any atom is -0.436 e. The summed E-state index contributed by atoms with van der Waals surface area (Å²) in [7, 11) is 0. The largest absolute Gasteiger partial charge is 0.436 e. The van der Waals surface area contributed by atoms with E-state index in [1.165, 1.54) is 0 Å². The van der Waals surface area contributed by atoms with Crippen LogP contribution in [0.2, 0.25) is 5.02 Å². The Labute approximate surface area is 104 Å². The summed E-state index contributed by atoms with van der Waals surface area (Å²) in [4.78, 5) is 24.2. The van der Waals surface area contributed by atoms with Gasteiger partial charge in [-0.2, -0.15) is 0 Å². The number of cyclic esters (lactones) is 1. The smallest absolute Gasteiger partial charge is 0.417 e. The predicted octanol–water partition coefficient (Wildman–Crippen LogP) is 2.52. The first kappa shape index (κ1) is 11.9. The highest BCUT2D eigenvalue weighted by Gasteiger charge is 2.37. The normalized spacial score (nSPS) is 19.7. The average Bonchev–Trinajstić information content (AvgIpc) is 2.50. The molecule has 0 bridgehead atoms. The lowest BCUT2D eigenvalue weighted by Crippen LogP contribution is -2.30. The zero-order chi connectivity index (χ0) is 12.6. The number of hydrogen-bond donors (Lipinski definition) is 0. The van der Waals surface area contributed by atoms with Crippen LogP contribution in [0, 0.1) is 6.92 Å². The molecular formula is C12H12ClNO3. The lowest BCUT2D eigenvalue weighted by atomic mass is 10.1. The second-order valence-electron chi connectivity index (χ2n) is 4.05. The molecule has 1 heterocycles. The molecule has 1 aliphatic rings. The number of hydrogen-bond acceptors (Lipinski definition) is 3. The van der Waals surface area contributed by atoms with E-state index in [1.54, 1.807) is 13.0 Å². The molecule has 1 fully saturated rings. The fourth-order valence-corrected chi connectivity index (χ4v) is 1.89. The molecule has 2 rings (SSSR count). The first-order chi connectivity index (χ1) is 7.99. The van der Waals surface area contributed by atoms with E-state index in [0.717, 1.165) is 16.0 Å². The van der Waals surface area contributed by atoms with Crippen molar-refractivity contribution < 1.29 is 14.3 Å². The highest BCUT2D eigenvalue weighted by Crippen LogP contribution is 2.22. The van der Waals surface area contributed by atoms with Crippen molar-refractivity contribution in [1.82, 2.24) is 4.90 Å². The van der Waals surface area contributed by atoms with Crippen LogP contribution in [0.25, 0.3) is 0 Å². The van der Waals surface area contributed by atoms with Crippen LogP contribution in [0.15, 0.2) is 18.2 Å². The van der Waals surface area contributed by atoms with Crippen molar-refractivity contribution >= 4 is 23.6 Å². The summed E-state index contributed by atoms with van der Waals surface area (Å²) in [5, 5.41) is 0.538. The van der Waals surface area contributed by atoms with Gasteiger partial charge in [0.1, 0.15) is 0 Å². The Bertz CT molecular complexity index is 487. The monoisotopic (exact) mass is 253 g/mol. The van der Waals surface area contributed by atoms with Crippen molar-refractivity contribution in [3.05, 3.63) is 34.3 Å². The van der Waals surface area contributed by atoms with Crippen molar-refractivity contribution in [3.63, 3.8) is 0 Å². The summed E-state index contributed by atoms with van der Waals surface area (Å²) in [6.07, 6.45) is -1.31. The number of ether oxygens (including phenoxy) is 1. The Morgan fingerprint density at radius 3 is 2.71 bits per heavy atom. The zero-order valence-corrected chi connectivity index (χ0v) is 10.3. The van der Waals surface area contributed by atoms with Gasteiger partial charge in [-0.15, -0.1) is 0 Å². The summed E-state index contributed by atoms with van der Waals surface area (Å²) in [6, 6.07) is 5.48. The van der Waals surface area contributed by atoms with Crippen LogP contribution in [0.4, 0.5) is 4.79 Å². The third kappa shape index (κ3) is 2.26. The predicted molar refractivity (Wildman–Crippen MR) is 62.7 cm³/mol. The SMILES string of the molecule is Cc1ccc(Cl)c(CN2C(=O)OC(C)C2=O)c1. The van der Waals surface area contributed by atoms with Crippen LogP contribution in [-0.4, -0.2) is 23.0 Å². The van der Waals surface area contributed by atoms with Gasteiger partial charge < -0.3 is 4.74 Å². The molecule has 1 aromatic rings. The van der Waals surface area contributed by atoms with Crippen molar-refractivity contribution in [2.24, 2.45) is 0 Å². The lowest BCUT2D eigenvalue weighted by Gasteiger charge is -2.12. The molecule has 1 unspecified atom stereocenters. The van der Waals surface area contributed by atoms with Gasteiger partial charge >= 0.3 is 6.09 Å². The molecule has 0 aliphatic carbocycles. The van der Waals surface area contributed by atoms with E-state index in [9.17, 15) is 9.59 Å². The van der Waals surface area contributed by atoms with Gasteiger partial charge in [0.05, 0.1) is 6.54 Å². The van der Waals surface area contributed by atoms with Gasteiger partial charge in [0.25, 0.3) is 5.91 Å². The summed E-state index contributed by atoms with van der Waals surface area (Å²) in [5.41, 5.74) is 1.77. The number of carbonyl (C=O) groups excluding carboxylic acids is 2. The number of amides is 2. The van der Waals surface area contributed by atoms with Crippen molar-refractivity contribution in [1.29, 1.82) is 0 Å². The molecule has 4 nitrogen and oxygen atoms in total. The van der Waals surface area contributed by atoms with E-state index in [1.807, 2.05) is 19.1 Å². The Morgan fingerprint density at radius 1 is 1.41 bits per heavy atom. The van der Waals surface area contributed by atoms with Crippen molar-refractivity contribution in [2.75, 3.05) is 0 Å². The van der Waals surface area contributed by atoms with Crippen LogP contribution in [0.5, 0.6) is 0 Å². The molecule has 0 spiro atoms. The number of aryl methyl sites for hydroxylation is 1. The molecule has 1 atom stereocenters. The van der Waals surface area contributed by atoms with E-state index < -0.39 is 12.2 Å². The number of benzene rings is 1. The lowest BCUT2D eigenvalue weighted by molar-refractivity contribution is -0.129. The Hall–Kier alpha value is -1.55. The standard InChI is InChI=1S/C12H12ClNO3/c1-7-3-4-10(13)9(5-7)6-14-11(15)8(2)17-12(14)16/h3-5,8H,6H2,1-2H3. The Morgan fingerprint density at radius 2 is 2.12 bits per heavy atom. The molecule has 0 radical (unpaired) electrons. The summed E-state index contributed by atoms with van der Waals surface area (Å²) in [6.45, 7) is 3.63. The van der Waals surface area contributed by atoms with E-state index >= 15 is 0 Å².